The Morgan fingerprint density at radius 3 is 2.23 bits per heavy atom. The Hall–Kier alpha value is -2.52. The van der Waals surface area contributed by atoms with E-state index in [0.717, 1.165) is 50.2 Å². The van der Waals surface area contributed by atoms with Crippen molar-refractivity contribution in [2.75, 3.05) is 19.6 Å². The standard InChI is InChI=1S/C25H29F3N2O/c1-2-3-4-15-30-16-13-21(14-17-30)24(20-7-5-19(18-29)6-8-20)31-23-11-9-22(10-12-23)25(26,27)28/h5-12,21,24H,2-4,13-17H2,1H3. The molecule has 0 bridgehead atoms. The van der Waals surface area contributed by atoms with Crippen molar-refractivity contribution in [1.82, 2.24) is 4.90 Å². The van der Waals surface area contributed by atoms with Gasteiger partial charge in [0, 0.05) is 5.92 Å². The molecule has 0 radical (unpaired) electrons. The van der Waals surface area contributed by atoms with Crippen LogP contribution in [0.5, 0.6) is 5.75 Å². The molecular weight excluding hydrogens is 401 g/mol. The van der Waals surface area contributed by atoms with Crippen LogP contribution in [0.2, 0.25) is 0 Å². The number of piperidine rings is 1. The number of unbranched alkanes of at least 4 members (excludes halogenated alkanes) is 2. The van der Waals surface area contributed by atoms with Gasteiger partial charge in [-0.1, -0.05) is 31.9 Å². The molecule has 0 spiro atoms. The fraction of sp³-hybridized carbons (Fsp3) is 0.480. The van der Waals surface area contributed by atoms with Gasteiger partial charge in [0.2, 0.25) is 0 Å². The summed E-state index contributed by atoms with van der Waals surface area (Å²) in [6.45, 7) is 5.31. The van der Waals surface area contributed by atoms with E-state index in [1.807, 2.05) is 12.1 Å². The molecule has 1 unspecified atom stereocenters. The van der Waals surface area contributed by atoms with Crippen molar-refractivity contribution in [1.29, 1.82) is 5.26 Å². The third kappa shape index (κ3) is 6.48. The van der Waals surface area contributed by atoms with Crippen LogP contribution < -0.4 is 4.74 Å². The van der Waals surface area contributed by atoms with E-state index >= 15 is 0 Å². The lowest BCUT2D eigenvalue weighted by molar-refractivity contribution is -0.137. The van der Waals surface area contributed by atoms with Crippen LogP contribution >= 0.6 is 0 Å². The lowest BCUT2D eigenvalue weighted by Crippen LogP contribution is -2.37. The molecule has 3 nitrogen and oxygen atoms in total. The fourth-order valence-electron chi connectivity index (χ4n) is 4.12. The van der Waals surface area contributed by atoms with Gasteiger partial charge in [-0.25, -0.2) is 0 Å². The Morgan fingerprint density at radius 2 is 1.68 bits per heavy atom. The molecule has 2 aromatic rings. The highest BCUT2D eigenvalue weighted by Gasteiger charge is 2.31. The van der Waals surface area contributed by atoms with E-state index in [1.54, 1.807) is 12.1 Å². The van der Waals surface area contributed by atoms with Crippen LogP contribution in [-0.2, 0) is 6.18 Å². The van der Waals surface area contributed by atoms with Crippen molar-refractivity contribution in [2.45, 2.75) is 51.3 Å². The summed E-state index contributed by atoms with van der Waals surface area (Å²) in [5, 5.41) is 9.08. The summed E-state index contributed by atoms with van der Waals surface area (Å²) in [6.07, 6.45) is 0.970. The number of ether oxygens (including phenoxy) is 1. The van der Waals surface area contributed by atoms with Crippen molar-refractivity contribution < 1.29 is 17.9 Å². The molecule has 166 valence electrons. The van der Waals surface area contributed by atoms with Crippen molar-refractivity contribution in [3.8, 4) is 11.8 Å². The number of benzene rings is 2. The Morgan fingerprint density at radius 1 is 1.03 bits per heavy atom. The van der Waals surface area contributed by atoms with Crippen LogP contribution in [-0.4, -0.2) is 24.5 Å². The van der Waals surface area contributed by atoms with E-state index in [9.17, 15) is 13.2 Å². The van der Waals surface area contributed by atoms with E-state index in [1.165, 1.54) is 31.4 Å². The average molecular weight is 431 g/mol. The van der Waals surface area contributed by atoms with E-state index < -0.39 is 11.7 Å². The van der Waals surface area contributed by atoms with Crippen molar-refractivity contribution >= 4 is 0 Å². The zero-order valence-electron chi connectivity index (χ0n) is 17.9. The van der Waals surface area contributed by atoms with Crippen LogP contribution in [0.1, 0.15) is 61.8 Å². The number of likely N-dealkylation sites (tertiary alicyclic amines) is 1. The molecule has 0 amide bonds. The Labute approximate surface area is 182 Å². The molecule has 1 saturated heterocycles. The molecule has 0 saturated carbocycles. The molecule has 6 heteroatoms. The molecule has 2 aromatic carbocycles. The number of hydrogen-bond donors (Lipinski definition) is 0. The second-order valence-electron chi connectivity index (χ2n) is 8.18. The van der Waals surface area contributed by atoms with Gasteiger partial charge in [-0.2, -0.15) is 18.4 Å². The first kappa shape index (κ1) is 23.1. The Bertz CT molecular complexity index is 848. The smallest absolute Gasteiger partial charge is 0.416 e. The van der Waals surface area contributed by atoms with Crippen LogP contribution in [0, 0.1) is 17.2 Å². The van der Waals surface area contributed by atoms with E-state index in [0.29, 0.717) is 11.3 Å². The summed E-state index contributed by atoms with van der Waals surface area (Å²) in [7, 11) is 0. The quantitative estimate of drug-likeness (QED) is 0.443. The molecule has 1 aliphatic heterocycles. The lowest BCUT2D eigenvalue weighted by Gasteiger charge is -2.36. The molecule has 0 N–H and O–H groups in total. The predicted molar refractivity (Wildman–Crippen MR) is 115 cm³/mol. The first-order chi connectivity index (χ1) is 14.9. The number of halogens is 3. The minimum atomic E-state index is -4.37. The first-order valence-electron chi connectivity index (χ1n) is 11.0. The molecular formula is C25H29F3N2O. The maximum atomic E-state index is 12.9. The van der Waals surface area contributed by atoms with E-state index in [4.69, 9.17) is 10.00 Å². The summed E-state index contributed by atoms with van der Waals surface area (Å²) in [5.74, 6) is 0.686. The molecule has 3 rings (SSSR count). The zero-order chi connectivity index (χ0) is 22.3. The zero-order valence-corrected chi connectivity index (χ0v) is 17.9. The summed E-state index contributed by atoms with van der Waals surface area (Å²) in [4.78, 5) is 2.49. The van der Waals surface area contributed by atoms with Crippen LogP contribution in [0.25, 0.3) is 0 Å². The number of alkyl halides is 3. The summed E-state index contributed by atoms with van der Waals surface area (Å²) >= 11 is 0. The molecule has 1 heterocycles. The summed E-state index contributed by atoms with van der Waals surface area (Å²) in [6, 6.07) is 14.3. The Kier molecular flexibility index (Phi) is 7.97. The minimum Gasteiger partial charge on any atom is -0.485 e. The average Bonchev–Trinajstić information content (AvgIpc) is 2.78. The highest BCUT2D eigenvalue weighted by Crippen LogP contribution is 2.36. The van der Waals surface area contributed by atoms with E-state index in [-0.39, 0.29) is 12.0 Å². The van der Waals surface area contributed by atoms with Gasteiger partial charge in [-0.3, -0.25) is 0 Å². The van der Waals surface area contributed by atoms with Gasteiger partial charge in [-0.05, 0) is 80.9 Å². The first-order valence-corrected chi connectivity index (χ1v) is 11.0. The van der Waals surface area contributed by atoms with Gasteiger partial charge in [0.15, 0.2) is 0 Å². The second kappa shape index (κ2) is 10.7. The normalized spacial score (nSPS) is 16.6. The molecule has 0 aliphatic carbocycles. The van der Waals surface area contributed by atoms with Gasteiger partial charge >= 0.3 is 6.18 Å². The third-order valence-corrected chi connectivity index (χ3v) is 5.95. The van der Waals surface area contributed by atoms with Gasteiger partial charge in [0.05, 0.1) is 17.2 Å². The maximum Gasteiger partial charge on any atom is 0.416 e. The highest BCUT2D eigenvalue weighted by molar-refractivity contribution is 5.34. The molecule has 1 atom stereocenters. The van der Waals surface area contributed by atoms with Crippen molar-refractivity contribution in [3.63, 3.8) is 0 Å². The minimum absolute atomic E-state index is 0.262. The van der Waals surface area contributed by atoms with Crippen LogP contribution in [0.3, 0.4) is 0 Å². The lowest BCUT2D eigenvalue weighted by atomic mass is 9.87. The maximum absolute atomic E-state index is 12.9. The van der Waals surface area contributed by atoms with Gasteiger partial charge in [0.1, 0.15) is 11.9 Å². The summed E-state index contributed by atoms with van der Waals surface area (Å²) in [5.41, 5.74) is 0.835. The third-order valence-electron chi connectivity index (χ3n) is 5.95. The number of nitriles is 1. The number of hydrogen-bond acceptors (Lipinski definition) is 3. The highest BCUT2D eigenvalue weighted by atomic mass is 19.4. The van der Waals surface area contributed by atoms with Crippen molar-refractivity contribution in [3.05, 3.63) is 65.2 Å². The van der Waals surface area contributed by atoms with Crippen LogP contribution in [0.15, 0.2) is 48.5 Å². The number of rotatable bonds is 8. The number of nitrogens with zero attached hydrogens (tertiary/aromatic N) is 2. The predicted octanol–water partition coefficient (Wildman–Crippen LogP) is 6.60. The summed E-state index contributed by atoms with van der Waals surface area (Å²) < 4.78 is 44.9. The molecule has 0 aromatic heterocycles. The largest absolute Gasteiger partial charge is 0.485 e. The SMILES string of the molecule is CCCCCN1CCC(C(Oc2ccc(C(F)(F)F)cc2)c2ccc(C#N)cc2)CC1. The molecule has 1 fully saturated rings. The monoisotopic (exact) mass is 430 g/mol. The topological polar surface area (TPSA) is 36.3 Å². The van der Waals surface area contributed by atoms with E-state index in [2.05, 4.69) is 17.9 Å². The Balaban J connectivity index is 1.73. The fourth-order valence-corrected chi connectivity index (χ4v) is 4.12. The van der Waals surface area contributed by atoms with Crippen molar-refractivity contribution in [2.24, 2.45) is 5.92 Å². The second-order valence-corrected chi connectivity index (χ2v) is 8.18. The van der Waals surface area contributed by atoms with Gasteiger partial charge in [-0.15, -0.1) is 0 Å². The van der Waals surface area contributed by atoms with Gasteiger partial charge < -0.3 is 9.64 Å². The van der Waals surface area contributed by atoms with Crippen LogP contribution in [0.4, 0.5) is 13.2 Å². The molecule has 31 heavy (non-hydrogen) atoms. The van der Waals surface area contributed by atoms with Gasteiger partial charge in [0.25, 0.3) is 0 Å². The molecule has 1 aliphatic rings.